The third-order valence-electron chi connectivity index (χ3n) is 11.3. The van der Waals surface area contributed by atoms with Crippen LogP contribution in [0.4, 0.5) is 0 Å². The fourth-order valence-electron chi connectivity index (χ4n) is 9.30. The number of aliphatic hydroxyl groups excluding tert-OH is 1. The van der Waals surface area contributed by atoms with Crippen molar-refractivity contribution in [3.05, 3.63) is 11.6 Å². The van der Waals surface area contributed by atoms with Crippen molar-refractivity contribution >= 4 is 0 Å². The third kappa shape index (κ3) is 3.74. The fourth-order valence-corrected chi connectivity index (χ4v) is 9.30. The molecule has 3 saturated carbocycles. The summed E-state index contributed by atoms with van der Waals surface area (Å²) in [6.07, 6.45) is 17.1. The first kappa shape index (κ1) is 22.9. The maximum Gasteiger partial charge on any atom is 0.0577 e. The number of rotatable bonds is 6. The van der Waals surface area contributed by atoms with Crippen molar-refractivity contribution in [1.82, 2.24) is 0 Å². The van der Waals surface area contributed by atoms with Crippen LogP contribution in [0.25, 0.3) is 0 Å². The lowest BCUT2D eigenvalue weighted by molar-refractivity contribution is -0.0575. The molecular formula is C29H50O. The summed E-state index contributed by atoms with van der Waals surface area (Å²) in [5, 5.41) is 10.2. The highest BCUT2D eigenvalue weighted by Gasteiger charge is 2.59. The summed E-state index contributed by atoms with van der Waals surface area (Å²) >= 11 is 0. The van der Waals surface area contributed by atoms with Crippen molar-refractivity contribution in [1.29, 1.82) is 0 Å². The van der Waals surface area contributed by atoms with Crippen molar-refractivity contribution in [2.75, 3.05) is 0 Å². The highest BCUT2D eigenvalue weighted by molar-refractivity contribution is 5.25. The van der Waals surface area contributed by atoms with Gasteiger partial charge in [0, 0.05) is 0 Å². The molecule has 4 rings (SSSR count). The van der Waals surface area contributed by atoms with Gasteiger partial charge >= 0.3 is 0 Å². The maximum atomic E-state index is 10.2. The van der Waals surface area contributed by atoms with E-state index in [1.54, 1.807) is 5.57 Å². The summed E-state index contributed by atoms with van der Waals surface area (Å²) in [5.41, 5.74) is 2.59. The van der Waals surface area contributed by atoms with Crippen LogP contribution in [0.15, 0.2) is 11.6 Å². The molecular weight excluding hydrogens is 364 g/mol. The Morgan fingerprint density at radius 2 is 1.77 bits per heavy atom. The summed E-state index contributed by atoms with van der Waals surface area (Å²) in [7, 11) is 0. The monoisotopic (exact) mass is 414 g/mol. The smallest absolute Gasteiger partial charge is 0.0577 e. The van der Waals surface area contributed by atoms with E-state index in [0.717, 1.165) is 54.3 Å². The van der Waals surface area contributed by atoms with Crippen LogP contribution in [0.1, 0.15) is 112 Å². The molecule has 30 heavy (non-hydrogen) atoms. The van der Waals surface area contributed by atoms with Crippen LogP contribution in [0, 0.1) is 52.3 Å². The minimum Gasteiger partial charge on any atom is -0.393 e. The molecule has 3 fully saturated rings. The summed E-state index contributed by atoms with van der Waals surface area (Å²) in [5.74, 6) is 6.31. The van der Waals surface area contributed by atoms with E-state index in [9.17, 15) is 5.11 Å². The predicted octanol–water partition coefficient (Wildman–Crippen LogP) is 8.02. The molecule has 0 spiro atoms. The minimum absolute atomic E-state index is 0.0794. The lowest BCUT2D eigenvalue weighted by atomic mass is 9.47. The molecule has 0 heterocycles. The average molecular weight is 415 g/mol. The van der Waals surface area contributed by atoms with Gasteiger partial charge in [-0.3, -0.25) is 0 Å². The van der Waals surface area contributed by atoms with Crippen molar-refractivity contribution in [2.24, 2.45) is 52.3 Å². The quantitative estimate of drug-likeness (QED) is 0.436. The standard InChI is InChI=1S/C29H50O/c1-7-21(19(2)3)9-8-20(4)25-12-13-26-24-11-10-22-18-23(30)14-16-28(22,5)27(24)15-17-29(25,26)6/h10,19-21,23-27,30H,7-9,11-18H2,1-6H3/t20-,21-,23?,24?,25?,26?,27?,28?,29?/m1/s1. The van der Waals surface area contributed by atoms with Crippen LogP contribution in [-0.4, -0.2) is 11.2 Å². The fraction of sp³-hybridized carbons (Fsp3) is 0.931. The SMILES string of the molecule is CC[C@H](CC[C@@H](C)C1CCC2C3CC=C4CC(O)CCC4(C)C3CCC21C)C(C)C. The summed E-state index contributed by atoms with van der Waals surface area (Å²) in [6.45, 7) is 15.1. The molecule has 1 heteroatoms. The van der Waals surface area contributed by atoms with Crippen LogP contribution < -0.4 is 0 Å². The normalized spacial score (nSPS) is 45.3. The first-order valence-corrected chi connectivity index (χ1v) is 13.6. The molecule has 0 saturated heterocycles. The summed E-state index contributed by atoms with van der Waals surface area (Å²) in [6, 6.07) is 0. The van der Waals surface area contributed by atoms with Gasteiger partial charge < -0.3 is 5.11 Å². The Hall–Kier alpha value is -0.300. The van der Waals surface area contributed by atoms with Gasteiger partial charge in [0.15, 0.2) is 0 Å². The van der Waals surface area contributed by atoms with Gasteiger partial charge in [-0.05, 0) is 110 Å². The van der Waals surface area contributed by atoms with Crippen molar-refractivity contribution in [3.63, 3.8) is 0 Å². The summed E-state index contributed by atoms with van der Waals surface area (Å²) in [4.78, 5) is 0. The Bertz CT molecular complexity index is 634. The van der Waals surface area contributed by atoms with Gasteiger partial charge in [-0.25, -0.2) is 0 Å². The van der Waals surface area contributed by atoms with Crippen LogP contribution >= 0.6 is 0 Å². The van der Waals surface area contributed by atoms with Crippen LogP contribution in [0.3, 0.4) is 0 Å². The highest BCUT2D eigenvalue weighted by Crippen LogP contribution is 2.67. The topological polar surface area (TPSA) is 20.2 Å². The molecule has 0 radical (unpaired) electrons. The lowest BCUT2D eigenvalue weighted by Gasteiger charge is -2.58. The molecule has 0 aliphatic heterocycles. The molecule has 0 aromatic rings. The zero-order valence-corrected chi connectivity index (χ0v) is 20.9. The van der Waals surface area contributed by atoms with E-state index in [-0.39, 0.29) is 6.10 Å². The van der Waals surface area contributed by atoms with Gasteiger partial charge in [0.05, 0.1) is 6.10 Å². The van der Waals surface area contributed by atoms with E-state index in [0.29, 0.717) is 10.8 Å². The summed E-state index contributed by atoms with van der Waals surface area (Å²) < 4.78 is 0. The second kappa shape index (κ2) is 8.57. The van der Waals surface area contributed by atoms with E-state index < -0.39 is 0 Å². The molecule has 7 unspecified atom stereocenters. The first-order chi connectivity index (χ1) is 14.2. The molecule has 1 nitrogen and oxygen atoms in total. The number of aliphatic hydroxyl groups is 1. The van der Waals surface area contributed by atoms with Crippen LogP contribution in [-0.2, 0) is 0 Å². The third-order valence-corrected chi connectivity index (χ3v) is 11.3. The molecule has 4 aliphatic rings. The van der Waals surface area contributed by atoms with Crippen molar-refractivity contribution in [2.45, 2.75) is 118 Å². The maximum absolute atomic E-state index is 10.2. The van der Waals surface area contributed by atoms with E-state index >= 15 is 0 Å². The molecule has 9 atom stereocenters. The Kier molecular flexibility index (Phi) is 6.53. The molecule has 4 aliphatic carbocycles. The van der Waals surface area contributed by atoms with Gasteiger partial charge in [0.2, 0.25) is 0 Å². The van der Waals surface area contributed by atoms with E-state index in [2.05, 4.69) is 47.6 Å². The zero-order chi connectivity index (χ0) is 21.7. The minimum atomic E-state index is -0.0794. The molecule has 0 amide bonds. The Labute approximate surface area is 187 Å². The Morgan fingerprint density at radius 3 is 2.47 bits per heavy atom. The van der Waals surface area contributed by atoms with Gasteiger partial charge in [0.1, 0.15) is 0 Å². The molecule has 0 bridgehead atoms. The number of allylic oxidation sites excluding steroid dienone is 1. The van der Waals surface area contributed by atoms with Gasteiger partial charge in [-0.2, -0.15) is 0 Å². The van der Waals surface area contributed by atoms with Crippen LogP contribution in [0.2, 0.25) is 0 Å². The lowest BCUT2D eigenvalue weighted by Crippen LogP contribution is -2.50. The molecule has 0 aromatic heterocycles. The highest BCUT2D eigenvalue weighted by atomic mass is 16.3. The largest absolute Gasteiger partial charge is 0.393 e. The number of hydrogen-bond acceptors (Lipinski definition) is 1. The predicted molar refractivity (Wildman–Crippen MR) is 128 cm³/mol. The average Bonchev–Trinajstić information content (AvgIpc) is 3.06. The Morgan fingerprint density at radius 1 is 1.00 bits per heavy atom. The van der Waals surface area contributed by atoms with Crippen LogP contribution in [0.5, 0.6) is 0 Å². The van der Waals surface area contributed by atoms with Gasteiger partial charge in [-0.15, -0.1) is 0 Å². The number of fused-ring (bicyclic) bond motifs is 5. The first-order valence-electron chi connectivity index (χ1n) is 13.6. The molecule has 1 N–H and O–H groups in total. The number of hydrogen-bond donors (Lipinski definition) is 1. The second-order valence-electron chi connectivity index (χ2n) is 12.9. The second-order valence-corrected chi connectivity index (χ2v) is 12.9. The van der Waals surface area contributed by atoms with E-state index in [4.69, 9.17) is 0 Å². The van der Waals surface area contributed by atoms with E-state index in [1.165, 1.54) is 57.8 Å². The Balaban J connectivity index is 1.47. The van der Waals surface area contributed by atoms with E-state index in [1.807, 2.05) is 0 Å². The molecule has 0 aromatic carbocycles. The van der Waals surface area contributed by atoms with Crippen molar-refractivity contribution < 1.29 is 5.11 Å². The van der Waals surface area contributed by atoms with Gasteiger partial charge in [-0.1, -0.05) is 66.0 Å². The van der Waals surface area contributed by atoms with Crippen molar-refractivity contribution in [3.8, 4) is 0 Å². The van der Waals surface area contributed by atoms with Gasteiger partial charge in [0.25, 0.3) is 0 Å². The zero-order valence-electron chi connectivity index (χ0n) is 20.9. The molecule has 172 valence electrons.